The Labute approximate surface area is 120 Å². The van der Waals surface area contributed by atoms with Crippen molar-refractivity contribution in [2.24, 2.45) is 5.92 Å². The summed E-state index contributed by atoms with van der Waals surface area (Å²) in [5, 5.41) is 0. The third kappa shape index (κ3) is 3.07. The monoisotopic (exact) mass is 298 g/mol. The number of rotatable bonds is 5. The van der Waals surface area contributed by atoms with Crippen molar-refractivity contribution in [1.82, 2.24) is 4.31 Å². The minimum Gasteiger partial charge on any atom is -0.497 e. The van der Waals surface area contributed by atoms with Gasteiger partial charge in [-0.2, -0.15) is 0 Å². The molecule has 5 nitrogen and oxygen atoms in total. The highest BCUT2D eigenvalue weighted by molar-refractivity contribution is 7.89. The molecule has 1 saturated carbocycles. The Hall–Kier alpha value is -1.27. The van der Waals surface area contributed by atoms with Gasteiger partial charge in [-0.15, -0.1) is 0 Å². The highest BCUT2D eigenvalue weighted by atomic mass is 32.2. The molecule has 20 heavy (non-hydrogen) atoms. The van der Waals surface area contributed by atoms with Crippen molar-refractivity contribution in [3.63, 3.8) is 0 Å². The number of nitrogens with two attached hydrogens (primary N) is 1. The van der Waals surface area contributed by atoms with E-state index in [0.29, 0.717) is 18.2 Å². The lowest BCUT2D eigenvalue weighted by Crippen LogP contribution is -2.31. The number of anilines is 1. The summed E-state index contributed by atoms with van der Waals surface area (Å²) in [5.41, 5.74) is 6.07. The lowest BCUT2D eigenvalue weighted by molar-refractivity contribution is 0.387. The number of nitrogens with zero attached hydrogens (tertiary/aromatic N) is 1. The van der Waals surface area contributed by atoms with E-state index in [0.717, 1.165) is 12.8 Å². The lowest BCUT2D eigenvalue weighted by atomic mass is 10.1. The van der Waals surface area contributed by atoms with Crippen molar-refractivity contribution >= 4 is 15.7 Å². The SMILES string of the molecule is COc1ccc(S(=O)(=O)N(C)CC2CCCC2)c(N)c1. The molecule has 0 radical (unpaired) electrons. The first-order valence-corrected chi connectivity index (χ1v) is 8.29. The van der Waals surface area contributed by atoms with Gasteiger partial charge in [0.05, 0.1) is 12.8 Å². The van der Waals surface area contributed by atoms with E-state index < -0.39 is 10.0 Å². The van der Waals surface area contributed by atoms with Crippen molar-refractivity contribution in [2.75, 3.05) is 26.4 Å². The highest BCUT2D eigenvalue weighted by Gasteiger charge is 2.27. The Balaban J connectivity index is 2.20. The van der Waals surface area contributed by atoms with Gasteiger partial charge in [-0.05, 0) is 30.9 Å². The van der Waals surface area contributed by atoms with E-state index in [2.05, 4.69) is 0 Å². The average molecular weight is 298 g/mol. The number of sulfonamides is 1. The van der Waals surface area contributed by atoms with Gasteiger partial charge in [0.25, 0.3) is 0 Å². The smallest absolute Gasteiger partial charge is 0.244 e. The second-order valence-electron chi connectivity index (χ2n) is 5.34. The van der Waals surface area contributed by atoms with Crippen LogP contribution in [0, 0.1) is 5.92 Å². The van der Waals surface area contributed by atoms with Crippen molar-refractivity contribution in [2.45, 2.75) is 30.6 Å². The molecule has 1 aromatic rings. The first-order chi connectivity index (χ1) is 9.45. The van der Waals surface area contributed by atoms with Crippen LogP contribution < -0.4 is 10.5 Å². The lowest BCUT2D eigenvalue weighted by Gasteiger charge is -2.21. The van der Waals surface area contributed by atoms with Crippen LogP contribution in [-0.2, 0) is 10.0 Å². The first-order valence-electron chi connectivity index (χ1n) is 6.85. The van der Waals surface area contributed by atoms with Crippen LogP contribution in [0.2, 0.25) is 0 Å². The molecule has 0 atom stereocenters. The standard InChI is InChI=1S/C14H22N2O3S/c1-16(10-11-5-3-4-6-11)20(17,18)14-8-7-12(19-2)9-13(14)15/h7-9,11H,3-6,10,15H2,1-2H3. The van der Waals surface area contributed by atoms with Crippen molar-refractivity contribution in [3.05, 3.63) is 18.2 Å². The van der Waals surface area contributed by atoms with Crippen LogP contribution in [0.5, 0.6) is 5.75 Å². The van der Waals surface area contributed by atoms with Crippen LogP contribution in [0.3, 0.4) is 0 Å². The van der Waals surface area contributed by atoms with E-state index in [1.54, 1.807) is 13.1 Å². The molecule has 2 N–H and O–H groups in total. The zero-order chi connectivity index (χ0) is 14.8. The van der Waals surface area contributed by atoms with E-state index in [1.165, 1.54) is 36.4 Å². The normalized spacial score (nSPS) is 16.8. The molecule has 0 aromatic heterocycles. The fraction of sp³-hybridized carbons (Fsp3) is 0.571. The van der Waals surface area contributed by atoms with E-state index in [-0.39, 0.29) is 10.6 Å². The molecule has 1 aliphatic rings. The topological polar surface area (TPSA) is 72.6 Å². The maximum Gasteiger partial charge on any atom is 0.244 e. The minimum absolute atomic E-state index is 0.152. The first kappa shape index (κ1) is 15.1. The van der Waals surface area contributed by atoms with Crippen molar-refractivity contribution < 1.29 is 13.2 Å². The molecule has 0 amide bonds. The Kier molecular flexibility index (Phi) is 4.55. The van der Waals surface area contributed by atoms with E-state index in [9.17, 15) is 8.42 Å². The zero-order valence-corrected chi connectivity index (χ0v) is 12.8. The molecule has 0 saturated heterocycles. The fourth-order valence-corrected chi connectivity index (χ4v) is 4.05. The molecular formula is C14H22N2O3S. The molecule has 6 heteroatoms. The maximum atomic E-state index is 12.5. The molecule has 1 fully saturated rings. The van der Waals surface area contributed by atoms with Crippen molar-refractivity contribution in [3.8, 4) is 5.75 Å². The van der Waals surface area contributed by atoms with E-state index >= 15 is 0 Å². The fourth-order valence-electron chi connectivity index (χ4n) is 2.71. The number of hydrogen-bond donors (Lipinski definition) is 1. The molecular weight excluding hydrogens is 276 g/mol. The molecule has 0 aliphatic heterocycles. The zero-order valence-electron chi connectivity index (χ0n) is 12.0. The van der Waals surface area contributed by atoms with Crippen molar-refractivity contribution in [1.29, 1.82) is 0 Å². The Morgan fingerprint density at radius 2 is 2.00 bits per heavy atom. The molecule has 1 aliphatic carbocycles. The summed E-state index contributed by atoms with van der Waals surface area (Å²) in [6.07, 6.45) is 4.61. The number of ether oxygens (including phenoxy) is 1. The third-order valence-corrected chi connectivity index (χ3v) is 5.79. The largest absolute Gasteiger partial charge is 0.497 e. The molecule has 112 valence electrons. The number of methoxy groups -OCH3 is 1. The van der Waals surface area contributed by atoms with Gasteiger partial charge in [0, 0.05) is 19.7 Å². The van der Waals surface area contributed by atoms with Crippen LogP contribution in [0.15, 0.2) is 23.1 Å². The average Bonchev–Trinajstić information content (AvgIpc) is 2.91. The van der Waals surface area contributed by atoms with Gasteiger partial charge >= 0.3 is 0 Å². The van der Waals surface area contributed by atoms with E-state index in [1.807, 2.05) is 0 Å². The van der Waals surface area contributed by atoms with Crippen LogP contribution >= 0.6 is 0 Å². The van der Waals surface area contributed by atoms with Crippen LogP contribution in [0.1, 0.15) is 25.7 Å². The minimum atomic E-state index is -3.53. The second kappa shape index (κ2) is 6.01. The Bertz CT molecular complexity index is 566. The van der Waals surface area contributed by atoms with E-state index in [4.69, 9.17) is 10.5 Å². The summed E-state index contributed by atoms with van der Waals surface area (Å²) >= 11 is 0. The van der Waals surface area contributed by atoms with Crippen LogP contribution in [0.4, 0.5) is 5.69 Å². The van der Waals surface area contributed by atoms with Crippen LogP contribution in [0.25, 0.3) is 0 Å². The number of nitrogen functional groups attached to an aromatic ring is 1. The summed E-state index contributed by atoms with van der Waals surface area (Å²) in [6, 6.07) is 4.66. The third-order valence-electron chi connectivity index (χ3n) is 3.90. The highest BCUT2D eigenvalue weighted by Crippen LogP contribution is 2.29. The number of benzene rings is 1. The van der Waals surface area contributed by atoms with Gasteiger partial charge in [0.1, 0.15) is 10.6 Å². The summed E-state index contributed by atoms with van der Waals surface area (Å²) in [4.78, 5) is 0.152. The summed E-state index contributed by atoms with van der Waals surface area (Å²) in [6.45, 7) is 0.563. The molecule has 0 spiro atoms. The molecule has 0 heterocycles. The van der Waals surface area contributed by atoms with Gasteiger partial charge in [-0.1, -0.05) is 12.8 Å². The Morgan fingerprint density at radius 3 is 2.55 bits per heavy atom. The van der Waals surface area contributed by atoms with Gasteiger partial charge in [0.2, 0.25) is 10.0 Å². The molecule has 0 unspecified atom stereocenters. The van der Waals surface area contributed by atoms with Gasteiger partial charge in [0.15, 0.2) is 0 Å². The van der Waals surface area contributed by atoms with Crippen LogP contribution in [-0.4, -0.2) is 33.4 Å². The second-order valence-corrected chi connectivity index (χ2v) is 7.35. The number of hydrogen-bond acceptors (Lipinski definition) is 4. The maximum absolute atomic E-state index is 12.5. The van der Waals surface area contributed by atoms with Gasteiger partial charge in [-0.3, -0.25) is 0 Å². The molecule has 0 bridgehead atoms. The predicted molar refractivity (Wildman–Crippen MR) is 79.2 cm³/mol. The Morgan fingerprint density at radius 1 is 1.35 bits per heavy atom. The molecule has 1 aromatic carbocycles. The summed E-state index contributed by atoms with van der Waals surface area (Å²) < 4.78 is 31.6. The molecule has 2 rings (SSSR count). The summed E-state index contributed by atoms with van der Waals surface area (Å²) in [7, 11) is -0.384. The predicted octanol–water partition coefficient (Wildman–Crippen LogP) is 2.09. The quantitative estimate of drug-likeness (QED) is 0.845. The van der Waals surface area contributed by atoms with Gasteiger partial charge in [-0.25, -0.2) is 12.7 Å². The summed E-state index contributed by atoms with van der Waals surface area (Å²) in [5.74, 6) is 1.02. The van der Waals surface area contributed by atoms with Gasteiger partial charge < -0.3 is 10.5 Å².